The van der Waals surface area contributed by atoms with Crippen LogP contribution in [-0.4, -0.2) is 28.0 Å². The number of hydrogen-bond donors (Lipinski definition) is 2. The minimum absolute atomic E-state index is 0.0337. The van der Waals surface area contributed by atoms with Gasteiger partial charge < -0.3 is 10.6 Å². The summed E-state index contributed by atoms with van der Waals surface area (Å²) < 4.78 is 0. The minimum Gasteiger partial charge on any atom is -0.356 e. The Kier molecular flexibility index (Phi) is 3.71. The van der Waals surface area contributed by atoms with E-state index >= 15 is 0 Å². The molecule has 1 heterocycles. The number of aromatic nitrogens is 2. The Morgan fingerprint density at radius 3 is 2.56 bits per heavy atom. The maximum absolute atomic E-state index is 11.8. The van der Waals surface area contributed by atoms with Gasteiger partial charge in [0.15, 0.2) is 11.0 Å². The molecular formula is C12H17ClN4O. The largest absolute Gasteiger partial charge is 0.356 e. The zero-order valence-corrected chi connectivity index (χ0v) is 11.5. The van der Waals surface area contributed by atoms with E-state index in [9.17, 15) is 4.79 Å². The van der Waals surface area contributed by atoms with Gasteiger partial charge in [0.05, 0.1) is 11.4 Å². The topological polar surface area (TPSA) is 66.9 Å². The van der Waals surface area contributed by atoms with E-state index in [1.54, 1.807) is 6.92 Å². The molecule has 0 saturated heterocycles. The average molecular weight is 269 g/mol. The highest BCUT2D eigenvalue weighted by molar-refractivity contribution is 6.31. The van der Waals surface area contributed by atoms with Crippen LogP contribution < -0.4 is 10.6 Å². The maximum atomic E-state index is 11.8. The molecule has 1 aliphatic carbocycles. The molecule has 0 aliphatic heterocycles. The molecule has 1 amide bonds. The van der Waals surface area contributed by atoms with Gasteiger partial charge in [0.1, 0.15) is 6.04 Å². The van der Waals surface area contributed by atoms with Gasteiger partial charge in [-0.2, -0.15) is 0 Å². The lowest BCUT2D eigenvalue weighted by molar-refractivity contribution is -0.121. The summed E-state index contributed by atoms with van der Waals surface area (Å²) in [7, 11) is 0. The molecule has 1 aromatic rings. The number of aryl methyl sites for hydroxylation is 2. The molecule has 0 radical (unpaired) electrons. The van der Waals surface area contributed by atoms with E-state index in [-0.39, 0.29) is 11.9 Å². The normalized spacial score (nSPS) is 16.2. The van der Waals surface area contributed by atoms with Crippen molar-refractivity contribution in [3.8, 4) is 0 Å². The van der Waals surface area contributed by atoms with Gasteiger partial charge in [-0.05, 0) is 33.6 Å². The Morgan fingerprint density at radius 2 is 1.94 bits per heavy atom. The van der Waals surface area contributed by atoms with Crippen molar-refractivity contribution >= 4 is 23.3 Å². The zero-order valence-electron chi connectivity index (χ0n) is 10.7. The van der Waals surface area contributed by atoms with Gasteiger partial charge in [-0.25, -0.2) is 9.97 Å². The molecule has 5 nitrogen and oxygen atoms in total. The lowest BCUT2D eigenvalue weighted by atomic mass is 10.3. The molecular weight excluding hydrogens is 252 g/mol. The lowest BCUT2D eigenvalue weighted by Crippen LogP contribution is -2.39. The number of hydrogen-bond acceptors (Lipinski definition) is 4. The van der Waals surface area contributed by atoms with Crippen molar-refractivity contribution in [1.29, 1.82) is 0 Å². The Labute approximate surface area is 111 Å². The van der Waals surface area contributed by atoms with Crippen LogP contribution in [0.4, 0.5) is 5.82 Å². The molecule has 1 aromatic heterocycles. The Morgan fingerprint density at radius 1 is 1.33 bits per heavy atom. The van der Waals surface area contributed by atoms with E-state index in [4.69, 9.17) is 11.6 Å². The number of anilines is 1. The highest BCUT2D eigenvalue weighted by Gasteiger charge is 2.26. The molecule has 1 fully saturated rings. The SMILES string of the molecule is Cc1nc(Cl)c(NC(C)C(=O)NC2CC2)nc1C. The maximum Gasteiger partial charge on any atom is 0.242 e. The summed E-state index contributed by atoms with van der Waals surface area (Å²) in [6.07, 6.45) is 2.14. The Hall–Kier alpha value is -1.36. The molecule has 6 heteroatoms. The molecule has 2 N–H and O–H groups in total. The first-order chi connectivity index (χ1) is 8.47. The smallest absolute Gasteiger partial charge is 0.242 e. The predicted octanol–water partition coefficient (Wildman–Crippen LogP) is 1.83. The number of amides is 1. The zero-order chi connectivity index (χ0) is 13.3. The highest BCUT2D eigenvalue weighted by atomic mass is 35.5. The molecule has 2 rings (SSSR count). The second kappa shape index (κ2) is 5.10. The predicted molar refractivity (Wildman–Crippen MR) is 70.8 cm³/mol. The molecule has 1 unspecified atom stereocenters. The third-order valence-electron chi connectivity index (χ3n) is 2.93. The molecule has 0 spiro atoms. The van der Waals surface area contributed by atoms with E-state index < -0.39 is 0 Å². The van der Waals surface area contributed by atoms with Crippen LogP contribution in [0.5, 0.6) is 0 Å². The van der Waals surface area contributed by atoms with Crippen LogP contribution in [0.25, 0.3) is 0 Å². The second-order valence-corrected chi connectivity index (χ2v) is 5.04. The number of rotatable bonds is 4. The van der Waals surface area contributed by atoms with Gasteiger partial charge in [0.25, 0.3) is 0 Å². The number of carbonyl (C=O) groups excluding carboxylic acids is 1. The van der Waals surface area contributed by atoms with Crippen molar-refractivity contribution in [3.05, 3.63) is 16.5 Å². The molecule has 0 aromatic carbocycles. The first-order valence-corrected chi connectivity index (χ1v) is 6.43. The van der Waals surface area contributed by atoms with Crippen molar-refractivity contribution in [2.24, 2.45) is 0 Å². The second-order valence-electron chi connectivity index (χ2n) is 4.68. The number of carbonyl (C=O) groups is 1. The van der Waals surface area contributed by atoms with Crippen LogP contribution >= 0.6 is 11.6 Å². The molecule has 98 valence electrons. The summed E-state index contributed by atoms with van der Waals surface area (Å²) in [6, 6.07) is -0.0254. The summed E-state index contributed by atoms with van der Waals surface area (Å²) in [6.45, 7) is 5.49. The first-order valence-electron chi connectivity index (χ1n) is 6.05. The van der Waals surface area contributed by atoms with Crippen LogP contribution in [0.15, 0.2) is 0 Å². The quantitative estimate of drug-likeness (QED) is 0.874. The van der Waals surface area contributed by atoms with E-state index in [1.165, 1.54) is 0 Å². The average Bonchev–Trinajstić information content (AvgIpc) is 3.09. The Bertz CT molecular complexity index is 473. The lowest BCUT2D eigenvalue weighted by Gasteiger charge is -2.15. The number of halogens is 1. The van der Waals surface area contributed by atoms with Gasteiger partial charge in [0.2, 0.25) is 5.91 Å². The van der Waals surface area contributed by atoms with E-state index in [1.807, 2.05) is 13.8 Å². The van der Waals surface area contributed by atoms with Crippen molar-refractivity contribution in [1.82, 2.24) is 15.3 Å². The van der Waals surface area contributed by atoms with Gasteiger partial charge in [-0.1, -0.05) is 11.6 Å². The fourth-order valence-electron chi connectivity index (χ4n) is 1.49. The van der Waals surface area contributed by atoms with Crippen LogP contribution in [0.3, 0.4) is 0 Å². The van der Waals surface area contributed by atoms with E-state index in [2.05, 4.69) is 20.6 Å². The van der Waals surface area contributed by atoms with Crippen LogP contribution in [0.2, 0.25) is 5.15 Å². The van der Waals surface area contributed by atoms with Crippen molar-refractivity contribution in [2.75, 3.05) is 5.32 Å². The number of nitrogens with zero attached hydrogens (tertiary/aromatic N) is 2. The highest BCUT2D eigenvalue weighted by Crippen LogP contribution is 2.21. The summed E-state index contributed by atoms with van der Waals surface area (Å²) >= 11 is 6.00. The standard InChI is InChI=1S/C12H17ClN4O/c1-6-7(2)15-11(10(13)14-6)16-8(3)12(18)17-9-4-5-9/h8-9H,4-5H2,1-3H3,(H,15,16)(H,17,18). The number of nitrogens with one attached hydrogen (secondary N) is 2. The molecule has 18 heavy (non-hydrogen) atoms. The van der Waals surface area contributed by atoms with E-state index in [0.29, 0.717) is 17.0 Å². The molecule has 1 atom stereocenters. The third-order valence-corrected chi connectivity index (χ3v) is 3.20. The van der Waals surface area contributed by atoms with Crippen molar-refractivity contribution in [2.45, 2.75) is 45.7 Å². The summed E-state index contributed by atoms with van der Waals surface area (Å²) in [5, 5.41) is 6.22. The van der Waals surface area contributed by atoms with Crippen LogP contribution in [0.1, 0.15) is 31.2 Å². The Balaban J connectivity index is 2.03. The van der Waals surface area contributed by atoms with Crippen molar-refractivity contribution in [3.63, 3.8) is 0 Å². The van der Waals surface area contributed by atoms with Gasteiger partial charge in [0, 0.05) is 6.04 Å². The summed E-state index contributed by atoms with van der Waals surface area (Å²) in [5.74, 6) is 0.423. The van der Waals surface area contributed by atoms with Gasteiger partial charge in [-0.15, -0.1) is 0 Å². The summed E-state index contributed by atoms with van der Waals surface area (Å²) in [4.78, 5) is 20.3. The van der Waals surface area contributed by atoms with Crippen LogP contribution in [-0.2, 0) is 4.79 Å². The van der Waals surface area contributed by atoms with Crippen LogP contribution in [0, 0.1) is 13.8 Å². The molecule has 1 saturated carbocycles. The minimum atomic E-state index is -0.375. The van der Waals surface area contributed by atoms with Gasteiger partial charge >= 0.3 is 0 Å². The monoisotopic (exact) mass is 268 g/mol. The summed E-state index contributed by atoms with van der Waals surface area (Å²) in [5.41, 5.74) is 1.59. The fraction of sp³-hybridized carbons (Fsp3) is 0.583. The third kappa shape index (κ3) is 3.10. The molecule has 1 aliphatic rings. The van der Waals surface area contributed by atoms with E-state index in [0.717, 1.165) is 24.2 Å². The fourth-order valence-corrected chi connectivity index (χ4v) is 1.72. The van der Waals surface area contributed by atoms with Crippen molar-refractivity contribution < 1.29 is 4.79 Å². The van der Waals surface area contributed by atoms with Gasteiger partial charge in [-0.3, -0.25) is 4.79 Å². The molecule has 0 bridgehead atoms. The first kappa shape index (κ1) is 13.1.